The number of rotatable bonds is 7. The van der Waals surface area contributed by atoms with E-state index in [-0.39, 0.29) is 37.2 Å². The lowest BCUT2D eigenvalue weighted by Crippen LogP contribution is -2.24. The molecule has 0 fully saturated rings. The molecule has 2 N–H and O–H groups in total. The van der Waals surface area contributed by atoms with Gasteiger partial charge in [-0.05, 0) is 17.5 Å². The van der Waals surface area contributed by atoms with Crippen LogP contribution in [0.4, 0.5) is 4.39 Å². The van der Waals surface area contributed by atoms with Gasteiger partial charge in [0.25, 0.3) is 0 Å². The highest BCUT2D eigenvalue weighted by molar-refractivity contribution is 5.76. The number of carbonyl (C=O) groups excluding carboxylic acids is 1. The number of carboxylic acids is 1. The summed E-state index contributed by atoms with van der Waals surface area (Å²) in [6.45, 7) is 1.63. The summed E-state index contributed by atoms with van der Waals surface area (Å²) < 4.78 is 14.8. The Labute approximate surface area is 132 Å². The highest BCUT2D eigenvalue weighted by Gasteiger charge is 2.15. The Morgan fingerprint density at radius 2 is 2.13 bits per heavy atom. The predicted molar refractivity (Wildman–Crippen MR) is 78.9 cm³/mol. The topological polar surface area (TPSA) is 97.1 Å². The van der Waals surface area contributed by atoms with E-state index in [0.717, 1.165) is 0 Å². The average molecular weight is 320 g/mol. The van der Waals surface area contributed by atoms with E-state index >= 15 is 0 Å². The van der Waals surface area contributed by atoms with Crippen LogP contribution in [-0.4, -0.2) is 32.0 Å². The molecule has 0 spiro atoms. The van der Waals surface area contributed by atoms with E-state index in [1.807, 2.05) is 0 Å². The van der Waals surface area contributed by atoms with Crippen LogP contribution in [0.3, 0.4) is 0 Å². The van der Waals surface area contributed by atoms with Gasteiger partial charge in [-0.25, -0.2) is 9.07 Å². The second kappa shape index (κ2) is 7.48. The molecular formula is C15H17FN4O3. The maximum Gasteiger partial charge on any atom is 0.325 e. The van der Waals surface area contributed by atoms with E-state index in [2.05, 4.69) is 15.6 Å². The van der Waals surface area contributed by atoms with Crippen molar-refractivity contribution in [2.75, 3.05) is 0 Å². The summed E-state index contributed by atoms with van der Waals surface area (Å²) >= 11 is 0. The molecule has 2 rings (SSSR count). The first-order valence-electron chi connectivity index (χ1n) is 7.07. The van der Waals surface area contributed by atoms with Gasteiger partial charge in [-0.15, -0.1) is 5.10 Å². The molecule has 0 saturated carbocycles. The van der Waals surface area contributed by atoms with Crippen molar-refractivity contribution in [1.82, 2.24) is 20.3 Å². The SMILES string of the molecule is CC(CC(=O)NCc1cn(CC(=O)O)nn1)c1ccccc1F. The number of carboxylic acid groups (broad SMARTS) is 1. The van der Waals surface area contributed by atoms with E-state index in [4.69, 9.17) is 5.11 Å². The second-order valence-electron chi connectivity index (χ2n) is 5.20. The minimum atomic E-state index is -1.02. The van der Waals surface area contributed by atoms with Crippen molar-refractivity contribution in [2.24, 2.45) is 0 Å². The summed E-state index contributed by atoms with van der Waals surface area (Å²) in [5, 5.41) is 18.7. The summed E-state index contributed by atoms with van der Waals surface area (Å²) in [6.07, 6.45) is 1.60. The molecule has 23 heavy (non-hydrogen) atoms. The highest BCUT2D eigenvalue weighted by atomic mass is 19.1. The van der Waals surface area contributed by atoms with Gasteiger partial charge in [0.05, 0.1) is 12.7 Å². The third-order valence-electron chi connectivity index (χ3n) is 3.28. The Bertz CT molecular complexity index is 702. The fourth-order valence-electron chi connectivity index (χ4n) is 2.16. The van der Waals surface area contributed by atoms with Crippen molar-refractivity contribution >= 4 is 11.9 Å². The molecule has 1 aromatic carbocycles. The van der Waals surface area contributed by atoms with Crippen molar-refractivity contribution in [2.45, 2.75) is 32.4 Å². The molecular weight excluding hydrogens is 303 g/mol. The minimum Gasteiger partial charge on any atom is -0.480 e. The number of halogens is 1. The molecule has 0 aliphatic carbocycles. The lowest BCUT2D eigenvalue weighted by atomic mass is 9.97. The van der Waals surface area contributed by atoms with E-state index < -0.39 is 5.97 Å². The number of nitrogens with one attached hydrogen (secondary N) is 1. The molecule has 0 radical (unpaired) electrons. The third-order valence-corrected chi connectivity index (χ3v) is 3.28. The fraction of sp³-hybridized carbons (Fsp3) is 0.333. The molecule has 0 aliphatic heterocycles. The largest absolute Gasteiger partial charge is 0.480 e. The van der Waals surface area contributed by atoms with E-state index in [1.54, 1.807) is 25.1 Å². The molecule has 1 atom stereocenters. The van der Waals surface area contributed by atoms with Crippen molar-refractivity contribution in [3.05, 3.63) is 47.5 Å². The van der Waals surface area contributed by atoms with E-state index in [1.165, 1.54) is 16.9 Å². The zero-order chi connectivity index (χ0) is 16.8. The molecule has 2 aromatic rings. The summed E-state index contributed by atoms with van der Waals surface area (Å²) in [7, 11) is 0. The average Bonchev–Trinajstić information content (AvgIpc) is 2.92. The van der Waals surface area contributed by atoms with Crippen LogP contribution >= 0.6 is 0 Å². The van der Waals surface area contributed by atoms with Crippen molar-refractivity contribution in [3.8, 4) is 0 Å². The van der Waals surface area contributed by atoms with Crippen LogP contribution in [0.2, 0.25) is 0 Å². The van der Waals surface area contributed by atoms with Gasteiger partial charge >= 0.3 is 5.97 Å². The summed E-state index contributed by atoms with van der Waals surface area (Å²) in [6, 6.07) is 6.36. The first-order valence-corrected chi connectivity index (χ1v) is 7.07. The number of amides is 1. The zero-order valence-electron chi connectivity index (χ0n) is 12.6. The maximum absolute atomic E-state index is 13.6. The molecule has 122 valence electrons. The Balaban J connectivity index is 1.84. The molecule has 1 heterocycles. The van der Waals surface area contributed by atoms with Crippen LogP contribution in [0.5, 0.6) is 0 Å². The molecule has 1 aromatic heterocycles. The van der Waals surface area contributed by atoms with E-state index in [9.17, 15) is 14.0 Å². The van der Waals surface area contributed by atoms with Crippen LogP contribution in [0.25, 0.3) is 0 Å². The molecule has 0 aliphatic rings. The standard InChI is InChI=1S/C15H17FN4O3/c1-10(12-4-2-3-5-13(12)16)6-14(21)17-7-11-8-20(19-18-11)9-15(22)23/h2-5,8,10H,6-7,9H2,1H3,(H,17,21)(H,22,23). The monoisotopic (exact) mass is 320 g/mol. The normalized spacial score (nSPS) is 11.9. The quantitative estimate of drug-likeness (QED) is 0.802. The van der Waals surface area contributed by atoms with Gasteiger partial charge in [0.15, 0.2) is 0 Å². The molecule has 8 heteroatoms. The Hall–Kier alpha value is -2.77. The van der Waals surface area contributed by atoms with Crippen LogP contribution in [0.1, 0.15) is 30.5 Å². The first-order chi connectivity index (χ1) is 11.0. The van der Waals surface area contributed by atoms with Crippen LogP contribution in [-0.2, 0) is 22.7 Å². The summed E-state index contributed by atoms with van der Waals surface area (Å²) in [5.74, 6) is -1.85. The van der Waals surface area contributed by atoms with Gasteiger partial charge in [0.2, 0.25) is 5.91 Å². The van der Waals surface area contributed by atoms with Crippen LogP contribution < -0.4 is 5.32 Å². The molecule has 0 bridgehead atoms. The number of nitrogens with zero attached hydrogens (tertiary/aromatic N) is 3. The Morgan fingerprint density at radius 3 is 2.83 bits per heavy atom. The van der Waals surface area contributed by atoms with Gasteiger partial charge in [-0.2, -0.15) is 0 Å². The zero-order valence-corrected chi connectivity index (χ0v) is 12.6. The van der Waals surface area contributed by atoms with Crippen molar-refractivity contribution in [3.63, 3.8) is 0 Å². The smallest absolute Gasteiger partial charge is 0.325 e. The first kappa shape index (κ1) is 16.6. The Kier molecular flexibility index (Phi) is 5.40. The van der Waals surface area contributed by atoms with Gasteiger partial charge in [-0.1, -0.05) is 30.3 Å². The summed E-state index contributed by atoms with van der Waals surface area (Å²) in [4.78, 5) is 22.5. The lowest BCUT2D eigenvalue weighted by Gasteiger charge is -2.12. The second-order valence-corrected chi connectivity index (χ2v) is 5.20. The van der Waals surface area contributed by atoms with Gasteiger partial charge < -0.3 is 10.4 Å². The highest BCUT2D eigenvalue weighted by Crippen LogP contribution is 2.21. The Morgan fingerprint density at radius 1 is 1.39 bits per heavy atom. The number of benzene rings is 1. The molecule has 1 amide bonds. The number of carbonyl (C=O) groups is 2. The lowest BCUT2D eigenvalue weighted by molar-refractivity contribution is -0.138. The van der Waals surface area contributed by atoms with Crippen LogP contribution in [0.15, 0.2) is 30.5 Å². The molecule has 0 saturated heterocycles. The van der Waals surface area contributed by atoms with Crippen molar-refractivity contribution in [1.29, 1.82) is 0 Å². The molecule has 1 unspecified atom stereocenters. The van der Waals surface area contributed by atoms with Crippen molar-refractivity contribution < 1.29 is 19.1 Å². The van der Waals surface area contributed by atoms with E-state index in [0.29, 0.717) is 11.3 Å². The van der Waals surface area contributed by atoms with Crippen LogP contribution in [0, 0.1) is 5.82 Å². The number of hydrogen-bond donors (Lipinski definition) is 2. The fourth-order valence-corrected chi connectivity index (χ4v) is 2.16. The third kappa shape index (κ3) is 4.87. The molecule has 7 nitrogen and oxygen atoms in total. The van der Waals surface area contributed by atoms with Gasteiger partial charge in [-0.3, -0.25) is 9.59 Å². The van der Waals surface area contributed by atoms with Gasteiger partial charge in [0, 0.05) is 6.42 Å². The number of aromatic nitrogens is 3. The number of aliphatic carboxylic acids is 1. The minimum absolute atomic E-state index is 0.141. The number of hydrogen-bond acceptors (Lipinski definition) is 4. The predicted octanol–water partition coefficient (Wildman–Crippen LogP) is 1.31. The maximum atomic E-state index is 13.6. The summed E-state index contributed by atoms with van der Waals surface area (Å²) in [5.41, 5.74) is 0.952. The van der Waals surface area contributed by atoms with Gasteiger partial charge in [0.1, 0.15) is 18.1 Å².